The van der Waals surface area contributed by atoms with Crippen molar-refractivity contribution in [2.45, 2.75) is 19.9 Å². The van der Waals surface area contributed by atoms with Crippen LogP contribution in [0.4, 0.5) is 4.39 Å². The lowest BCUT2D eigenvalue weighted by molar-refractivity contribution is 0.0730. The van der Waals surface area contributed by atoms with E-state index in [1.54, 1.807) is 0 Å². The molecule has 0 aliphatic carbocycles. The summed E-state index contributed by atoms with van der Waals surface area (Å²) in [4.78, 5) is 13.6. The predicted octanol–water partition coefficient (Wildman–Crippen LogP) is 2.80. The molecule has 0 fully saturated rings. The summed E-state index contributed by atoms with van der Waals surface area (Å²) < 4.78 is 13.5. The Kier molecular flexibility index (Phi) is 4.87. The second-order valence-corrected chi connectivity index (χ2v) is 4.97. The number of rotatable bonds is 3. The lowest BCUT2D eigenvalue weighted by atomic mass is 10.1. The maximum atomic E-state index is 12.9. The average Bonchev–Trinajstić information content (AvgIpc) is 2.24. The molecule has 0 saturated heterocycles. The smallest absolute Gasteiger partial charge is 0.256 e. The molecule has 1 aromatic rings. The third-order valence-corrected chi connectivity index (χ3v) is 3.18. The van der Waals surface area contributed by atoms with Crippen molar-refractivity contribution in [2.75, 3.05) is 6.54 Å². The second kappa shape index (κ2) is 5.96. The molecule has 5 heteroatoms. The number of carbonyl (C=O) groups excluding carboxylic acids is 1. The second-order valence-electron chi connectivity index (χ2n) is 3.81. The van der Waals surface area contributed by atoms with Gasteiger partial charge in [0, 0.05) is 9.61 Å². The first-order valence-corrected chi connectivity index (χ1v) is 6.18. The van der Waals surface area contributed by atoms with Gasteiger partial charge in [0.25, 0.3) is 5.91 Å². The summed E-state index contributed by atoms with van der Waals surface area (Å²) in [5.41, 5.74) is 0.427. The van der Waals surface area contributed by atoms with E-state index in [1.807, 2.05) is 42.5 Å². The van der Waals surface area contributed by atoms with Crippen LogP contribution in [0, 0.1) is 20.7 Å². The fourth-order valence-corrected chi connectivity index (χ4v) is 2.09. The molecular weight excluding hydrogens is 334 g/mol. The highest BCUT2D eigenvalue weighted by atomic mass is 127. The Balaban J connectivity index is 3.06. The minimum Gasteiger partial charge on any atom is -0.323 e. The standard InChI is InChI=1S/C12H12FIN2O/c1-8(2)16(6-5-15)12(17)10-4-3-9(13)7-11(10)14/h3-4,7-8H,6H2,1-2H3. The van der Waals surface area contributed by atoms with E-state index in [1.165, 1.54) is 23.1 Å². The third-order valence-electron chi connectivity index (χ3n) is 2.29. The van der Waals surface area contributed by atoms with E-state index in [0.29, 0.717) is 9.13 Å². The molecule has 0 radical (unpaired) electrons. The van der Waals surface area contributed by atoms with Crippen LogP contribution >= 0.6 is 22.6 Å². The van der Waals surface area contributed by atoms with E-state index >= 15 is 0 Å². The van der Waals surface area contributed by atoms with Gasteiger partial charge in [0.1, 0.15) is 12.4 Å². The fraction of sp³-hybridized carbons (Fsp3) is 0.333. The van der Waals surface area contributed by atoms with Crippen LogP contribution in [0.1, 0.15) is 24.2 Å². The van der Waals surface area contributed by atoms with Gasteiger partial charge in [-0.25, -0.2) is 4.39 Å². The van der Waals surface area contributed by atoms with E-state index in [2.05, 4.69) is 0 Å². The minimum absolute atomic E-state index is 0.0317. The summed E-state index contributed by atoms with van der Waals surface area (Å²) >= 11 is 1.92. The van der Waals surface area contributed by atoms with Crippen molar-refractivity contribution < 1.29 is 9.18 Å². The molecule has 0 aromatic heterocycles. The van der Waals surface area contributed by atoms with Crippen LogP contribution < -0.4 is 0 Å². The van der Waals surface area contributed by atoms with Gasteiger partial charge in [-0.2, -0.15) is 5.26 Å². The number of hydrogen-bond acceptors (Lipinski definition) is 2. The molecule has 0 N–H and O–H groups in total. The van der Waals surface area contributed by atoms with Crippen LogP contribution in [-0.2, 0) is 0 Å². The van der Waals surface area contributed by atoms with Crippen molar-refractivity contribution in [1.82, 2.24) is 4.90 Å². The van der Waals surface area contributed by atoms with Crippen molar-refractivity contribution in [1.29, 1.82) is 5.26 Å². The number of amides is 1. The first kappa shape index (κ1) is 13.9. The maximum Gasteiger partial charge on any atom is 0.256 e. The van der Waals surface area contributed by atoms with E-state index in [4.69, 9.17) is 5.26 Å². The van der Waals surface area contributed by atoms with Crippen molar-refractivity contribution >= 4 is 28.5 Å². The highest BCUT2D eigenvalue weighted by Gasteiger charge is 2.20. The summed E-state index contributed by atoms with van der Waals surface area (Å²) in [5.74, 6) is -0.617. The Morgan fingerprint density at radius 3 is 2.71 bits per heavy atom. The molecule has 1 aromatic carbocycles. The van der Waals surface area contributed by atoms with Crippen molar-refractivity contribution in [3.05, 3.63) is 33.1 Å². The topological polar surface area (TPSA) is 44.1 Å². The molecule has 1 amide bonds. The van der Waals surface area contributed by atoms with Crippen molar-refractivity contribution in [3.8, 4) is 6.07 Å². The highest BCUT2D eigenvalue weighted by molar-refractivity contribution is 14.1. The molecule has 1 rings (SSSR count). The van der Waals surface area contributed by atoms with Gasteiger partial charge in [-0.15, -0.1) is 0 Å². The zero-order valence-corrected chi connectivity index (χ0v) is 11.7. The molecule has 0 spiro atoms. The van der Waals surface area contributed by atoms with E-state index in [-0.39, 0.29) is 24.3 Å². The van der Waals surface area contributed by atoms with Gasteiger partial charge in [0.15, 0.2) is 0 Å². The van der Waals surface area contributed by atoms with Crippen LogP contribution in [0.15, 0.2) is 18.2 Å². The summed E-state index contributed by atoms with van der Waals surface area (Å²) in [6, 6.07) is 5.90. The summed E-state index contributed by atoms with van der Waals surface area (Å²) in [5, 5.41) is 8.69. The minimum atomic E-state index is -0.373. The molecule has 0 bridgehead atoms. The van der Waals surface area contributed by atoms with Crippen LogP contribution in [0.2, 0.25) is 0 Å². The predicted molar refractivity (Wildman–Crippen MR) is 70.9 cm³/mol. The van der Waals surface area contributed by atoms with Gasteiger partial charge in [0.2, 0.25) is 0 Å². The summed E-state index contributed by atoms with van der Waals surface area (Å²) in [7, 11) is 0. The molecule has 0 aliphatic rings. The Morgan fingerprint density at radius 2 is 2.24 bits per heavy atom. The SMILES string of the molecule is CC(C)N(CC#N)C(=O)c1ccc(F)cc1I. The molecule has 17 heavy (non-hydrogen) atoms. The Morgan fingerprint density at radius 1 is 1.59 bits per heavy atom. The maximum absolute atomic E-state index is 12.9. The number of nitrogens with zero attached hydrogens (tertiary/aromatic N) is 2. The average molecular weight is 346 g/mol. The van der Waals surface area contributed by atoms with Crippen molar-refractivity contribution in [2.24, 2.45) is 0 Å². The molecular formula is C12H12FIN2O. The zero-order valence-electron chi connectivity index (χ0n) is 9.58. The zero-order chi connectivity index (χ0) is 13.0. The third kappa shape index (κ3) is 3.40. The molecule has 0 heterocycles. The molecule has 0 aliphatic heterocycles. The molecule has 0 atom stereocenters. The van der Waals surface area contributed by atoms with Gasteiger partial charge in [-0.1, -0.05) is 0 Å². The van der Waals surface area contributed by atoms with Crippen LogP contribution in [-0.4, -0.2) is 23.4 Å². The van der Waals surface area contributed by atoms with E-state index in [0.717, 1.165) is 0 Å². The highest BCUT2D eigenvalue weighted by Crippen LogP contribution is 2.17. The lowest BCUT2D eigenvalue weighted by Gasteiger charge is -2.24. The quantitative estimate of drug-likeness (QED) is 0.624. The normalized spacial score (nSPS) is 10.1. The van der Waals surface area contributed by atoms with Crippen molar-refractivity contribution in [3.63, 3.8) is 0 Å². The van der Waals surface area contributed by atoms with E-state index < -0.39 is 0 Å². The largest absolute Gasteiger partial charge is 0.323 e. The fourth-order valence-electron chi connectivity index (χ4n) is 1.38. The van der Waals surface area contributed by atoms with Crippen LogP contribution in [0.5, 0.6) is 0 Å². The first-order valence-electron chi connectivity index (χ1n) is 5.10. The van der Waals surface area contributed by atoms with Gasteiger partial charge < -0.3 is 4.90 Å². The van der Waals surface area contributed by atoms with Gasteiger partial charge in [0.05, 0.1) is 11.6 Å². The number of hydrogen-bond donors (Lipinski definition) is 0. The monoisotopic (exact) mass is 346 g/mol. The van der Waals surface area contributed by atoms with E-state index in [9.17, 15) is 9.18 Å². The lowest BCUT2D eigenvalue weighted by Crippen LogP contribution is -2.37. The Bertz CT molecular complexity index is 468. The summed E-state index contributed by atoms with van der Waals surface area (Å²) in [6.45, 7) is 3.71. The molecule has 0 saturated carbocycles. The number of nitriles is 1. The molecule has 0 unspecified atom stereocenters. The Labute approximate surface area is 113 Å². The van der Waals surface area contributed by atoms with Gasteiger partial charge in [-0.3, -0.25) is 4.79 Å². The summed E-state index contributed by atoms with van der Waals surface area (Å²) in [6.07, 6.45) is 0. The first-order chi connectivity index (χ1) is 7.97. The molecule has 3 nitrogen and oxygen atoms in total. The van der Waals surface area contributed by atoms with Gasteiger partial charge in [-0.05, 0) is 54.6 Å². The Hall–Kier alpha value is -1.16. The molecule has 90 valence electrons. The number of carbonyl (C=O) groups is 1. The number of halogens is 2. The van der Waals surface area contributed by atoms with Gasteiger partial charge >= 0.3 is 0 Å². The van der Waals surface area contributed by atoms with Crippen LogP contribution in [0.25, 0.3) is 0 Å². The van der Waals surface area contributed by atoms with Crippen LogP contribution in [0.3, 0.4) is 0 Å². The number of benzene rings is 1.